The van der Waals surface area contributed by atoms with Gasteiger partial charge < -0.3 is 10.0 Å². The minimum Gasteiger partial charge on any atom is -0.507 e. The maximum Gasteiger partial charge on any atom is 0.271 e. The van der Waals surface area contributed by atoms with Gasteiger partial charge in [-0.05, 0) is 35.7 Å². The first-order chi connectivity index (χ1) is 12.1. The zero-order valence-corrected chi connectivity index (χ0v) is 14.1. The van der Waals surface area contributed by atoms with Gasteiger partial charge in [0.2, 0.25) is 0 Å². The zero-order chi connectivity index (χ0) is 17.8. The van der Waals surface area contributed by atoms with Crippen molar-refractivity contribution in [3.8, 4) is 5.75 Å². The number of phenols is 1. The predicted octanol–water partition coefficient (Wildman–Crippen LogP) is 3.38. The highest BCUT2D eigenvalue weighted by Gasteiger charge is 2.06. The lowest BCUT2D eigenvalue weighted by Gasteiger charge is -2.12. The molecule has 0 fully saturated rings. The molecule has 0 heterocycles. The number of phenolic OH excluding ortho intramolecular Hbond substituents is 1. The Bertz CT molecular complexity index is 931. The molecule has 3 aromatic carbocycles. The van der Waals surface area contributed by atoms with Gasteiger partial charge in [-0.25, -0.2) is 5.43 Å². The molecule has 0 unspecified atom stereocenters. The molecule has 0 aliphatic heterocycles. The number of nitrogens with zero attached hydrogens (tertiary/aromatic N) is 2. The maximum atomic E-state index is 12.1. The fourth-order valence-corrected chi connectivity index (χ4v) is 2.51. The van der Waals surface area contributed by atoms with Crippen LogP contribution in [-0.2, 0) is 0 Å². The third kappa shape index (κ3) is 3.61. The summed E-state index contributed by atoms with van der Waals surface area (Å²) in [5.74, 6) is -0.159. The summed E-state index contributed by atoms with van der Waals surface area (Å²) in [7, 11) is 3.88. The van der Waals surface area contributed by atoms with Gasteiger partial charge in [-0.2, -0.15) is 5.10 Å². The highest BCUT2D eigenvalue weighted by molar-refractivity contribution is 5.98. The minimum absolute atomic E-state index is 0.145. The predicted molar refractivity (Wildman–Crippen MR) is 101 cm³/mol. The molecule has 0 aromatic heterocycles. The summed E-state index contributed by atoms with van der Waals surface area (Å²) in [6.07, 6.45) is 1.44. The van der Waals surface area contributed by atoms with Crippen LogP contribution in [0.15, 0.2) is 65.8 Å². The number of anilines is 1. The van der Waals surface area contributed by atoms with Crippen LogP contribution in [0.5, 0.6) is 5.75 Å². The van der Waals surface area contributed by atoms with Crippen molar-refractivity contribution in [1.82, 2.24) is 5.43 Å². The van der Waals surface area contributed by atoms with Crippen molar-refractivity contribution in [1.29, 1.82) is 0 Å². The van der Waals surface area contributed by atoms with E-state index < -0.39 is 0 Å². The lowest BCUT2D eigenvalue weighted by Crippen LogP contribution is -2.18. The summed E-state index contributed by atoms with van der Waals surface area (Å²) < 4.78 is 0. The number of carbonyl (C=O) groups excluding carboxylic acids is 1. The van der Waals surface area contributed by atoms with Gasteiger partial charge in [0, 0.05) is 36.3 Å². The van der Waals surface area contributed by atoms with Gasteiger partial charge in [0.15, 0.2) is 0 Å². The van der Waals surface area contributed by atoms with Gasteiger partial charge >= 0.3 is 0 Å². The first kappa shape index (κ1) is 16.5. The average molecular weight is 333 g/mol. The molecule has 3 rings (SSSR count). The molecule has 0 saturated carbocycles. The van der Waals surface area contributed by atoms with Crippen LogP contribution in [0.25, 0.3) is 10.8 Å². The molecular weight excluding hydrogens is 314 g/mol. The third-order valence-corrected chi connectivity index (χ3v) is 3.95. The van der Waals surface area contributed by atoms with Crippen LogP contribution >= 0.6 is 0 Å². The van der Waals surface area contributed by atoms with Crippen LogP contribution in [-0.4, -0.2) is 31.3 Å². The van der Waals surface area contributed by atoms with Gasteiger partial charge in [0.1, 0.15) is 5.75 Å². The van der Waals surface area contributed by atoms with Crippen molar-refractivity contribution in [3.63, 3.8) is 0 Å². The monoisotopic (exact) mass is 333 g/mol. The van der Waals surface area contributed by atoms with Gasteiger partial charge in [-0.1, -0.05) is 30.3 Å². The van der Waals surface area contributed by atoms with E-state index in [1.165, 1.54) is 6.21 Å². The van der Waals surface area contributed by atoms with E-state index in [1.807, 2.05) is 61.5 Å². The molecule has 0 aliphatic rings. The summed E-state index contributed by atoms with van der Waals surface area (Å²) in [4.78, 5) is 14.1. The number of nitrogens with one attached hydrogen (secondary N) is 1. The Labute approximate surface area is 146 Å². The summed E-state index contributed by atoms with van der Waals surface area (Å²) >= 11 is 0. The lowest BCUT2D eigenvalue weighted by atomic mass is 10.1. The SMILES string of the molecule is CN(C)c1ccc(C(=O)N/N=C\c2ccc3ccccc3c2O)cc1. The number of rotatable bonds is 4. The van der Waals surface area contributed by atoms with E-state index in [1.54, 1.807) is 18.2 Å². The largest absolute Gasteiger partial charge is 0.507 e. The van der Waals surface area contributed by atoms with Gasteiger partial charge in [-0.3, -0.25) is 4.79 Å². The molecular formula is C20H19N3O2. The van der Waals surface area contributed by atoms with Gasteiger partial charge in [0.25, 0.3) is 5.91 Å². The van der Waals surface area contributed by atoms with Crippen molar-refractivity contribution >= 4 is 28.6 Å². The molecule has 1 amide bonds. The molecule has 0 radical (unpaired) electrons. The molecule has 0 saturated heterocycles. The molecule has 0 spiro atoms. The van der Waals surface area contributed by atoms with Gasteiger partial charge in [-0.15, -0.1) is 0 Å². The third-order valence-electron chi connectivity index (χ3n) is 3.95. The van der Waals surface area contributed by atoms with Crippen LogP contribution < -0.4 is 10.3 Å². The lowest BCUT2D eigenvalue weighted by molar-refractivity contribution is 0.0955. The topological polar surface area (TPSA) is 64.9 Å². The first-order valence-corrected chi connectivity index (χ1v) is 7.88. The summed E-state index contributed by atoms with van der Waals surface area (Å²) in [6.45, 7) is 0. The van der Waals surface area contributed by atoms with Crippen molar-refractivity contribution in [3.05, 3.63) is 71.8 Å². The normalized spacial score (nSPS) is 11.0. The Morgan fingerprint density at radius 3 is 2.48 bits per heavy atom. The highest BCUT2D eigenvalue weighted by Crippen LogP contribution is 2.27. The quantitative estimate of drug-likeness (QED) is 0.568. The summed E-state index contributed by atoms with van der Waals surface area (Å²) in [5, 5.41) is 15.9. The number of hydrazone groups is 1. The standard InChI is InChI=1S/C20H19N3O2/c1-23(2)17-11-9-15(10-12-17)20(25)22-21-13-16-8-7-14-5-3-4-6-18(14)19(16)24/h3-13,24H,1-2H3,(H,22,25)/b21-13-. The highest BCUT2D eigenvalue weighted by atomic mass is 16.3. The number of amides is 1. The van der Waals surface area contributed by atoms with E-state index in [0.29, 0.717) is 11.1 Å². The maximum absolute atomic E-state index is 12.1. The average Bonchev–Trinajstić information content (AvgIpc) is 2.64. The van der Waals surface area contributed by atoms with Crippen LogP contribution in [0.4, 0.5) is 5.69 Å². The molecule has 2 N–H and O–H groups in total. The fourth-order valence-electron chi connectivity index (χ4n) is 2.51. The Hall–Kier alpha value is -3.34. The molecule has 5 nitrogen and oxygen atoms in total. The second-order valence-electron chi connectivity index (χ2n) is 5.86. The van der Waals surface area contributed by atoms with Crippen LogP contribution in [0.3, 0.4) is 0 Å². The number of fused-ring (bicyclic) bond motifs is 1. The van der Waals surface area contributed by atoms with E-state index in [4.69, 9.17) is 0 Å². The number of benzene rings is 3. The Morgan fingerprint density at radius 2 is 1.76 bits per heavy atom. The van der Waals surface area contributed by atoms with E-state index in [-0.39, 0.29) is 11.7 Å². The van der Waals surface area contributed by atoms with Crippen molar-refractivity contribution in [2.24, 2.45) is 5.10 Å². The number of hydrogen-bond acceptors (Lipinski definition) is 4. The van der Waals surface area contributed by atoms with Crippen LogP contribution in [0.2, 0.25) is 0 Å². The molecule has 126 valence electrons. The molecule has 5 heteroatoms. The number of hydrogen-bond donors (Lipinski definition) is 2. The zero-order valence-electron chi connectivity index (χ0n) is 14.1. The molecule has 0 aliphatic carbocycles. The fraction of sp³-hybridized carbons (Fsp3) is 0.100. The van der Waals surface area contributed by atoms with E-state index in [2.05, 4.69) is 10.5 Å². The van der Waals surface area contributed by atoms with Crippen LogP contribution in [0, 0.1) is 0 Å². The summed E-state index contributed by atoms with van der Waals surface area (Å²) in [6, 6.07) is 18.4. The Balaban J connectivity index is 1.72. The van der Waals surface area contributed by atoms with E-state index in [9.17, 15) is 9.90 Å². The second kappa shape index (κ2) is 7.05. The first-order valence-electron chi connectivity index (χ1n) is 7.88. The molecule has 3 aromatic rings. The number of carbonyl (C=O) groups is 1. The smallest absolute Gasteiger partial charge is 0.271 e. The van der Waals surface area contributed by atoms with Gasteiger partial charge in [0.05, 0.1) is 6.21 Å². The molecule has 0 atom stereocenters. The summed E-state index contributed by atoms with van der Waals surface area (Å²) in [5.41, 5.74) is 4.55. The second-order valence-corrected chi connectivity index (χ2v) is 5.86. The van der Waals surface area contributed by atoms with Crippen LogP contribution in [0.1, 0.15) is 15.9 Å². The minimum atomic E-state index is -0.304. The Kier molecular flexibility index (Phi) is 4.66. The Morgan fingerprint density at radius 1 is 1.04 bits per heavy atom. The number of aromatic hydroxyl groups is 1. The molecule has 0 bridgehead atoms. The van der Waals surface area contributed by atoms with E-state index in [0.717, 1.165) is 16.5 Å². The van der Waals surface area contributed by atoms with E-state index >= 15 is 0 Å². The van der Waals surface area contributed by atoms with Crippen molar-refractivity contribution < 1.29 is 9.90 Å². The van der Waals surface area contributed by atoms with Crippen molar-refractivity contribution in [2.75, 3.05) is 19.0 Å². The molecule has 25 heavy (non-hydrogen) atoms. The van der Waals surface area contributed by atoms with Crippen molar-refractivity contribution in [2.45, 2.75) is 0 Å².